The van der Waals surface area contributed by atoms with Crippen LogP contribution in [0.1, 0.15) is 21.5 Å². The van der Waals surface area contributed by atoms with Gasteiger partial charge in [0.15, 0.2) is 10.7 Å². The van der Waals surface area contributed by atoms with Gasteiger partial charge in [0, 0.05) is 17.8 Å². The molecule has 0 unspecified atom stereocenters. The highest BCUT2D eigenvalue weighted by Gasteiger charge is 2.20. The molecule has 1 amide bonds. The van der Waals surface area contributed by atoms with E-state index in [1.54, 1.807) is 12.1 Å². The van der Waals surface area contributed by atoms with E-state index < -0.39 is 10.8 Å². The summed E-state index contributed by atoms with van der Waals surface area (Å²) in [5.41, 5.74) is 3.69. The molecule has 0 radical (unpaired) electrons. The van der Waals surface area contributed by atoms with Crippen molar-refractivity contribution in [2.75, 3.05) is 5.32 Å². The number of carbonyl (C=O) groups is 1. The second-order valence-corrected chi connectivity index (χ2v) is 7.77. The molecule has 0 aliphatic carbocycles. The Morgan fingerprint density at radius 1 is 1.15 bits per heavy atom. The van der Waals surface area contributed by atoms with E-state index in [1.165, 1.54) is 30.3 Å². The minimum atomic E-state index is -0.724. The Bertz CT molecular complexity index is 1430. The summed E-state index contributed by atoms with van der Waals surface area (Å²) in [7, 11) is 0. The third-order valence-corrected chi connectivity index (χ3v) is 5.08. The van der Waals surface area contributed by atoms with Crippen LogP contribution < -0.4 is 10.6 Å². The zero-order valence-corrected chi connectivity index (χ0v) is 18.4. The maximum atomic E-state index is 12.4. The van der Waals surface area contributed by atoms with Crippen molar-refractivity contribution in [2.24, 2.45) is 0 Å². The molecule has 0 atom stereocenters. The number of nitro benzene ring substituents is 1. The van der Waals surface area contributed by atoms with Gasteiger partial charge >= 0.3 is 0 Å². The number of hydrogen-bond acceptors (Lipinski definition) is 7. The van der Waals surface area contributed by atoms with Crippen LogP contribution >= 0.6 is 12.2 Å². The molecule has 9 nitrogen and oxygen atoms in total. The molecular formula is C23H18N4O5S. The molecule has 4 aromatic rings. The SMILES string of the molecule is Cc1cc(C)c2oc(-c3ccc(NC(=S)NC(=O)c4ccccc4[N+](=O)[O-])cc3O)nc2c1. The van der Waals surface area contributed by atoms with Crippen LogP contribution in [0.15, 0.2) is 59.0 Å². The molecular weight excluding hydrogens is 444 g/mol. The number of amides is 1. The van der Waals surface area contributed by atoms with Gasteiger partial charge < -0.3 is 14.8 Å². The van der Waals surface area contributed by atoms with E-state index in [-0.39, 0.29) is 28.0 Å². The fourth-order valence-corrected chi connectivity index (χ4v) is 3.65. The monoisotopic (exact) mass is 462 g/mol. The summed E-state index contributed by atoms with van der Waals surface area (Å²) in [4.78, 5) is 27.3. The second-order valence-electron chi connectivity index (χ2n) is 7.36. The Labute approximate surface area is 193 Å². The van der Waals surface area contributed by atoms with Gasteiger partial charge in [-0.05, 0) is 61.5 Å². The number of fused-ring (bicyclic) bond motifs is 1. The van der Waals surface area contributed by atoms with Crippen molar-refractivity contribution in [3.05, 3.63) is 81.4 Å². The zero-order valence-electron chi connectivity index (χ0n) is 17.6. The van der Waals surface area contributed by atoms with Crippen LogP contribution in [-0.4, -0.2) is 26.0 Å². The van der Waals surface area contributed by atoms with E-state index in [0.29, 0.717) is 22.4 Å². The molecule has 3 N–H and O–H groups in total. The predicted octanol–water partition coefficient (Wildman–Crippen LogP) is 4.85. The van der Waals surface area contributed by atoms with Crippen molar-refractivity contribution in [3.8, 4) is 17.2 Å². The molecule has 33 heavy (non-hydrogen) atoms. The van der Waals surface area contributed by atoms with Crippen LogP contribution in [0.3, 0.4) is 0 Å². The number of aryl methyl sites for hydroxylation is 2. The predicted molar refractivity (Wildman–Crippen MR) is 127 cm³/mol. The number of nitro groups is 1. The Balaban J connectivity index is 1.51. The van der Waals surface area contributed by atoms with E-state index in [4.69, 9.17) is 16.6 Å². The van der Waals surface area contributed by atoms with Crippen molar-refractivity contribution in [3.63, 3.8) is 0 Å². The van der Waals surface area contributed by atoms with Crippen molar-refractivity contribution in [1.82, 2.24) is 10.3 Å². The van der Waals surface area contributed by atoms with Gasteiger partial charge in [0.1, 0.15) is 16.8 Å². The molecule has 166 valence electrons. The van der Waals surface area contributed by atoms with Crippen LogP contribution in [0.25, 0.3) is 22.6 Å². The minimum Gasteiger partial charge on any atom is -0.507 e. The Morgan fingerprint density at radius 3 is 2.64 bits per heavy atom. The third-order valence-electron chi connectivity index (χ3n) is 4.88. The van der Waals surface area contributed by atoms with Crippen LogP contribution in [0.2, 0.25) is 0 Å². The number of para-hydroxylation sites is 1. The average Bonchev–Trinajstić information content (AvgIpc) is 3.17. The summed E-state index contributed by atoms with van der Waals surface area (Å²) in [5, 5.41) is 26.7. The van der Waals surface area contributed by atoms with Crippen LogP contribution in [0, 0.1) is 24.0 Å². The van der Waals surface area contributed by atoms with Crippen molar-refractivity contribution < 1.29 is 19.2 Å². The molecule has 0 spiro atoms. The molecule has 10 heteroatoms. The molecule has 0 bridgehead atoms. The fraction of sp³-hybridized carbons (Fsp3) is 0.0870. The van der Waals surface area contributed by atoms with Crippen LogP contribution in [-0.2, 0) is 0 Å². The molecule has 4 rings (SSSR count). The summed E-state index contributed by atoms with van der Waals surface area (Å²) < 4.78 is 5.84. The number of hydrogen-bond donors (Lipinski definition) is 3. The lowest BCUT2D eigenvalue weighted by atomic mass is 10.1. The highest BCUT2D eigenvalue weighted by Crippen LogP contribution is 2.34. The molecule has 3 aromatic carbocycles. The Kier molecular flexibility index (Phi) is 5.76. The Morgan fingerprint density at radius 2 is 1.91 bits per heavy atom. The number of phenols is 1. The number of carbonyl (C=O) groups excluding carboxylic acids is 1. The van der Waals surface area contributed by atoms with E-state index >= 15 is 0 Å². The highest BCUT2D eigenvalue weighted by atomic mass is 32.1. The molecule has 0 aliphatic rings. The van der Waals surface area contributed by atoms with Crippen LogP contribution in [0.4, 0.5) is 11.4 Å². The number of oxazole rings is 1. The van der Waals surface area contributed by atoms with Gasteiger partial charge in [0.25, 0.3) is 11.6 Å². The summed E-state index contributed by atoms with van der Waals surface area (Å²) in [6.07, 6.45) is 0. The first-order chi connectivity index (χ1) is 15.7. The number of anilines is 1. The van der Waals surface area contributed by atoms with Crippen molar-refractivity contribution in [2.45, 2.75) is 13.8 Å². The molecule has 1 heterocycles. The maximum absolute atomic E-state index is 12.4. The average molecular weight is 462 g/mol. The van der Waals surface area contributed by atoms with Gasteiger partial charge in [-0.2, -0.15) is 0 Å². The molecule has 0 aliphatic heterocycles. The normalized spacial score (nSPS) is 10.7. The van der Waals surface area contributed by atoms with Gasteiger partial charge in [-0.1, -0.05) is 18.2 Å². The van der Waals surface area contributed by atoms with Gasteiger partial charge in [-0.25, -0.2) is 4.98 Å². The lowest BCUT2D eigenvalue weighted by Crippen LogP contribution is -2.34. The quantitative estimate of drug-likeness (QED) is 0.223. The topological polar surface area (TPSA) is 131 Å². The smallest absolute Gasteiger partial charge is 0.282 e. The summed E-state index contributed by atoms with van der Waals surface area (Å²) in [6, 6.07) is 14.1. The van der Waals surface area contributed by atoms with Gasteiger partial charge in [-0.3, -0.25) is 20.2 Å². The number of aromatic nitrogens is 1. The summed E-state index contributed by atoms with van der Waals surface area (Å²) in [6.45, 7) is 3.90. The third kappa shape index (κ3) is 4.51. The van der Waals surface area contributed by atoms with Gasteiger partial charge in [-0.15, -0.1) is 0 Å². The number of rotatable bonds is 4. The van der Waals surface area contributed by atoms with Crippen molar-refractivity contribution in [1.29, 1.82) is 0 Å². The van der Waals surface area contributed by atoms with E-state index in [1.807, 2.05) is 26.0 Å². The first-order valence-electron chi connectivity index (χ1n) is 9.80. The van der Waals surface area contributed by atoms with E-state index in [2.05, 4.69) is 15.6 Å². The number of benzene rings is 3. The van der Waals surface area contributed by atoms with Gasteiger partial charge in [0.2, 0.25) is 5.89 Å². The lowest BCUT2D eigenvalue weighted by Gasteiger charge is -2.11. The summed E-state index contributed by atoms with van der Waals surface area (Å²) in [5.74, 6) is -0.554. The van der Waals surface area contributed by atoms with Crippen LogP contribution in [0.5, 0.6) is 5.75 Å². The number of nitrogens with one attached hydrogen (secondary N) is 2. The fourth-order valence-electron chi connectivity index (χ4n) is 3.44. The second kappa shape index (κ2) is 8.67. The first kappa shape index (κ1) is 21.9. The standard InChI is InChI=1S/C23H18N4O5S/c1-12-9-13(2)20-17(10-12)25-22(32-20)16-8-7-14(11-19(16)28)24-23(33)26-21(29)15-5-3-4-6-18(15)27(30)31/h3-11,28H,1-2H3,(H2,24,26,29,33). The first-order valence-corrected chi connectivity index (χ1v) is 10.2. The molecule has 0 fully saturated rings. The molecule has 0 saturated heterocycles. The van der Waals surface area contributed by atoms with Gasteiger partial charge in [0.05, 0.1) is 10.5 Å². The molecule has 0 saturated carbocycles. The number of nitrogens with zero attached hydrogens (tertiary/aromatic N) is 2. The highest BCUT2D eigenvalue weighted by molar-refractivity contribution is 7.80. The van der Waals surface area contributed by atoms with Crippen molar-refractivity contribution >= 4 is 45.7 Å². The van der Waals surface area contributed by atoms with E-state index in [9.17, 15) is 20.0 Å². The largest absolute Gasteiger partial charge is 0.507 e. The number of aromatic hydroxyl groups is 1. The maximum Gasteiger partial charge on any atom is 0.282 e. The zero-order chi connectivity index (χ0) is 23.7. The summed E-state index contributed by atoms with van der Waals surface area (Å²) >= 11 is 5.14. The molecule has 1 aromatic heterocycles. The van der Waals surface area contributed by atoms with E-state index in [0.717, 1.165) is 11.1 Å². The number of phenolic OH excluding ortho intramolecular Hbond substituents is 1. The number of thiocarbonyl (C=S) groups is 1. The Hall–Kier alpha value is -4.31. The minimum absolute atomic E-state index is 0.0849. The lowest BCUT2D eigenvalue weighted by molar-refractivity contribution is -0.385.